The fourth-order valence-corrected chi connectivity index (χ4v) is 3.09. The Morgan fingerprint density at radius 3 is 2.83 bits per heavy atom. The van der Waals surface area contributed by atoms with Gasteiger partial charge in [-0.15, -0.1) is 0 Å². The van der Waals surface area contributed by atoms with E-state index in [2.05, 4.69) is 4.99 Å². The molecule has 5 heteroatoms. The van der Waals surface area contributed by atoms with Gasteiger partial charge >= 0.3 is 5.97 Å². The summed E-state index contributed by atoms with van der Waals surface area (Å²) in [5, 5.41) is 9.89. The van der Waals surface area contributed by atoms with Crippen molar-refractivity contribution in [1.82, 2.24) is 0 Å². The third-order valence-electron chi connectivity index (χ3n) is 4.12. The Morgan fingerprint density at radius 1 is 1.43 bits per heavy atom. The average molecular weight is 338 g/mol. The van der Waals surface area contributed by atoms with Crippen molar-refractivity contribution >= 4 is 23.8 Å². The van der Waals surface area contributed by atoms with Gasteiger partial charge in [0.15, 0.2) is 0 Å². The number of hydrogen-bond donors (Lipinski definition) is 1. The standard InChI is InChI=1S/C18H24ClNO3/c1-2-23-18(22)14(12-20-15-6-4-3-5-7-15)10-13-8-9-16(21)11-17(13)19/h8-9,11-12,14-15,21H,2-7,10H2,1H3. The minimum absolute atomic E-state index is 0.113. The van der Waals surface area contributed by atoms with Gasteiger partial charge in [0.25, 0.3) is 0 Å². The lowest BCUT2D eigenvalue weighted by Crippen LogP contribution is -2.23. The normalized spacial score (nSPS) is 17.3. The molecule has 0 aliphatic heterocycles. The van der Waals surface area contributed by atoms with E-state index in [1.165, 1.54) is 25.3 Å². The number of benzene rings is 1. The van der Waals surface area contributed by atoms with Gasteiger partial charge < -0.3 is 9.84 Å². The Morgan fingerprint density at radius 2 is 2.17 bits per heavy atom. The smallest absolute Gasteiger partial charge is 0.314 e. The molecule has 0 amide bonds. The Labute approximate surface area is 142 Å². The summed E-state index contributed by atoms with van der Waals surface area (Å²) in [6.07, 6.45) is 8.02. The van der Waals surface area contributed by atoms with Crippen molar-refractivity contribution in [1.29, 1.82) is 0 Å². The van der Waals surface area contributed by atoms with Gasteiger partial charge in [0.2, 0.25) is 0 Å². The first-order valence-corrected chi connectivity index (χ1v) is 8.65. The lowest BCUT2D eigenvalue weighted by atomic mass is 9.95. The second-order valence-corrected chi connectivity index (χ2v) is 6.34. The van der Waals surface area contributed by atoms with Crippen LogP contribution in [0.5, 0.6) is 5.75 Å². The van der Waals surface area contributed by atoms with Gasteiger partial charge in [-0.05, 0) is 43.9 Å². The average Bonchev–Trinajstić information content (AvgIpc) is 2.54. The number of phenolic OH excluding ortho intramolecular Hbond substituents is 1. The zero-order valence-electron chi connectivity index (χ0n) is 13.5. The fourth-order valence-electron chi connectivity index (χ4n) is 2.84. The molecule has 1 aromatic rings. The minimum atomic E-state index is -0.445. The van der Waals surface area contributed by atoms with Gasteiger partial charge in [0.05, 0.1) is 12.5 Å². The summed E-state index contributed by atoms with van der Waals surface area (Å²) in [7, 11) is 0. The predicted octanol–water partition coefficient (Wildman–Crippen LogP) is 4.17. The van der Waals surface area contributed by atoms with E-state index in [0.717, 1.165) is 18.4 Å². The van der Waals surface area contributed by atoms with Gasteiger partial charge in [-0.3, -0.25) is 9.79 Å². The molecule has 1 aliphatic rings. The van der Waals surface area contributed by atoms with Crippen molar-refractivity contribution in [2.45, 2.75) is 51.5 Å². The molecule has 4 nitrogen and oxygen atoms in total. The highest BCUT2D eigenvalue weighted by Gasteiger charge is 2.21. The zero-order chi connectivity index (χ0) is 16.7. The van der Waals surface area contributed by atoms with Crippen LogP contribution in [0.15, 0.2) is 23.2 Å². The molecule has 1 fully saturated rings. The van der Waals surface area contributed by atoms with Crippen LogP contribution in [-0.4, -0.2) is 29.9 Å². The van der Waals surface area contributed by atoms with Crippen LogP contribution in [0.2, 0.25) is 5.02 Å². The highest BCUT2D eigenvalue weighted by Crippen LogP contribution is 2.25. The van der Waals surface area contributed by atoms with Gasteiger partial charge in [0.1, 0.15) is 5.75 Å². The summed E-state index contributed by atoms with van der Waals surface area (Å²) >= 11 is 6.15. The monoisotopic (exact) mass is 337 g/mol. The molecule has 0 radical (unpaired) electrons. The summed E-state index contributed by atoms with van der Waals surface area (Å²) in [6, 6.07) is 5.10. The summed E-state index contributed by atoms with van der Waals surface area (Å²) in [5.74, 6) is -0.613. The van der Waals surface area contributed by atoms with Crippen molar-refractivity contribution in [2.75, 3.05) is 6.61 Å². The van der Waals surface area contributed by atoms with Crippen LogP contribution >= 0.6 is 11.6 Å². The molecule has 0 heterocycles. The van der Waals surface area contributed by atoms with E-state index < -0.39 is 5.92 Å². The molecule has 0 spiro atoms. The van der Waals surface area contributed by atoms with E-state index in [1.54, 1.807) is 25.3 Å². The maximum Gasteiger partial charge on any atom is 0.314 e. The third kappa shape index (κ3) is 5.54. The van der Waals surface area contributed by atoms with Crippen molar-refractivity contribution in [3.63, 3.8) is 0 Å². The number of nitrogens with zero attached hydrogens (tertiary/aromatic N) is 1. The first kappa shape index (κ1) is 17.8. The SMILES string of the molecule is CCOC(=O)C(C=NC1CCCCC1)Cc1ccc(O)cc1Cl. The van der Waals surface area contributed by atoms with Crippen molar-refractivity contribution in [2.24, 2.45) is 10.9 Å². The van der Waals surface area contributed by atoms with Crippen molar-refractivity contribution < 1.29 is 14.6 Å². The van der Waals surface area contributed by atoms with E-state index in [9.17, 15) is 9.90 Å². The summed E-state index contributed by atoms with van der Waals surface area (Å²) in [5.41, 5.74) is 0.803. The molecule has 1 N–H and O–H groups in total. The molecule has 0 bridgehead atoms. The Balaban J connectivity index is 2.09. The van der Waals surface area contributed by atoms with Crippen LogP contribution in [-0.2, 0) is 16.0 Å². The number of phenols is 1. The molecule has 0 aromatic heterocycles. The molecule has 23 heavy (non-hydrogen) atoms. The number of carbonyl (C=O) groups is 1. The number of halogens is 1. The summed E-state index contributed by atoms with van der Waals surface area (Å²) in [4.78, 5) is 16.8. The number of aromatic hydroxyl groups is 1. The molecular weight excluding hydrogens is 314 g/mol. The van der Waals surface area contributed by atoms with Crippen molar-refractivity contribution in [3.05, 3.63) is 28.8 Å². The largest absolute Gasteiger partial charge is 0.508 e. The lowest BCUT2D eigenvalue weighted by molar-refractivity contribution is -0.145. The molecular formula is C18H24ClNO3. The van der Waals surface area contributed by atoms with Gasteiger partial charge in [-0.1, -0.05) is 36.9 Å². The molecule has 1 aliphatic carbocycles. The van der Waals surface area contributed by atoms with Gasteiger partial charge in [-0.2, -0.15) is 0 Å². The second-order valence-electron chi connectivity index (χ2n) is 5.93. The lowest BCUT2D eigenvalue weighted by Gasteiger charge is -2.18. The second kappa shape index (κ2) is 8.92. The van der Waals surface area contributed by atoms with Crippen molar-refractivity contribution in [3.8, 4) is 5.75 Å². The number of esters is 1. The molecule has 1 saturated carbocycles. The molecule has 1 atom stereocenters. The van der Waals surface area contributed by atoms with E-state index in [-0.39, 0.29) is 11.7 Å². The number of ether oxygens (including phenoxy) is 1. The maximum atomic E-state index is 12.2. The zero-order valence-corrected chi connectivity index (χ0v) is 14.3. The number of carbonyl (C=O) groups excluding carboxylic acids is 1. The van der Waals surface area contributed by atoms with Gasteiger partial charge in [-0.25, -0.2) is 0 Å². The number of aliphatic imine (C=N–C) groups is 1. The van der Waals surface area contributed by atoms with Crippen LogP contribution in [0, 0.1) is 5.92 Å². The van der Waals surface area contributed by atoms with E-state index in [0.29, 0.717) is 24.1 Å². The Hall–Kier alpha value is -1.55. The molecule has 126 valence electrons. The molecule has 1 unspecified atom stereocenters. The van der Waals surface area contributed by atoms with E-state index in [4.69, 9.17) is 16.3 Å². The quantitative estimate of drug-likeness (QED) is 0.626. The summed E-state index contributed by atoms with van der Waals surface area (Å²) in [6.45, 7) is 2.14. The Bertz CT molecular complexity index is 553. The van der Waals surface area contributed by atoms with Crippen LogP contribution in [0.3, 0.4) is 0 Å². The first-order valence-electron chi connectivity index (χ1n) is 8.27. The minimum Gasteiger partial charge on any atom is -0.508 e. The fraction of sp³-hybridized carbons (Fsp3) is 0.556. The Kier molecular flexibility index (Phi) is 6.90. The van der Waals surface area contributed by atoms with E-state index >= 15 is 0 Å². The van der Waals surface area contributed by atoms with Crippen LogP contribution in [0.25, 0.3) is 0 Å². The van der Waals surface area contributed by atoms with Crippen LogP contribution < -0.4 is 0 Å². The first-order chi connectivity index (χ1) is 11.1. The molecule has 1 aromatic carbocycles. The van der Waals surface area contributed by atoms with Gasteiger partial charge in [0, 0.05) is 17.3 Å². The maximum absolute atomic E-state index is 12.2. The summed E-state index contributed by atoms with van der Waals surface area (Å²) < 4.78 is 5.16. The van der Waals surface area contributed by atoms with E-state index in [1.807, 2.05) is 0 Å². The number of hydrogen-bond acceptors (Lipinski definition) is 4. The highest BCUT2D eigenvalue weighted by atomic mass is 35.5. The topological polar surface area (TPSA) is 58.9 Å². The highest BCUT2D eigenvalue weighted by molar-refractivity contribution is 6.31. The van der Waals surface area contributed by atoms with Crippen LogP contribution in [0.4, 0.5) is 0 Å². The molecule has 2 rings (SSSR count). The van der Waals surface area contributed by atoms with Crippen LogP contribution in [0.1, 0.15) is 44.6 Å². The number of rotatable bonds is 6. The predicted molar refractivity (Wildman–Crippen MR) is 92.3 cm³/mol. The third-order valence-corrected chi connectivity index (χ3v) is 4.47. The molecule has 0 saturated heterocycles.